The number of benzene rings is 2. The zero-order valence-corrected chi connectivity index (χ0v) is 21.8. The van der Waals surface area contributed by atoms with Crippen molar-refractivity contribution in [2.24, 2.45) is 0 Å². The molecule has 4 aromatic rings. The van der Waals surface area contributed by atoms with Gasteiger partial charge in [0.25, 0.3) is 11.8 Å². The van der Waals surface area contributed by atoms with E-state index in [9.17, 15) is 27.2 Å². The summed E-state index contributed by atoms with van der Waals surface area (Å²) in [6, 6.07) is 8.86. The Kier molecular flexibility index (Phi) is 6.95. The van der Waals surface area contributed by atoms with Crippen LogP contribution in [0.5, 0.6) is 0 Å². The number of thioether (sulfide) groups is 1. The molecule has 6 nitrogen and oxygen atoms in total. The Morgan fingerprint density at radius 3 is 2.61 bits per heavy atom. The van der Waals surface area contributed by atoms with Crippen molar-refractivity contribution in [3.05, 3.63) is 75.9 Å². The van der Waals surface area contributed by atoms with Crippen molar-refractivity contribution in [2.75, 3.05) is 18.2 Å². The molecule has 1 fully saturated rings. The average molecular weight is 564 g/mol. The van der Waals surface area contributed by atoms with Crippen molar-refractivity contribution in [1.29, 1.82) is 0 Å². The van der Waals surface area contributed by atoms with Gasteiger partial charge in [0.1, 0.15) is 22.9 Å². The first kappa shape index (κ1) is 26.2. The van der Waals surface area contributed by atoms with Gasteiger partial charge in [0.05, 0.1) is 32.9 Å². The number of alkyl halides is 3. The molecule has 1 saturated heterocycles. The molecule has 0 saturated carbocycles. The van der Waals surface area contributed by atoms with E-state index >= 15 is 0 Å². The molecule has 2 aromatic carbocycles. The molecule has 0 spiro atoms. The van der Waals surface area contributed by atoms with Crippen molar-refractivity contribution >= 4 is 45.9 Å². The highest BCUT2D eigenvalue weighted by Gasteiger charge is 2.36. The lowest BCUT2D eigenvalue weighted by Crippen LogP contribution is -2.44. The normalized spacial score (nSPS) is 15.8. The van der Waals surface area contributed by atoms with Crippen LogP contribution in [0.2, 0.25) is 0 Å². The van der Waals surface area contributed by atoms with Crippen LogP contribution in [-0.4, -0.2) is 45.9 Å². The van der Waals surface area contributed by atoms with Crippen LogP contribution in [0.4, 0.5) is 17.6 Å². The third-order valence-corrected chi connectivity index (χ3v) is 8.24. The number of furan rings is 1. The number of fused-ring (bicyclic) bond motifs is 1. The zero-order chi connectivity index (χ0) is 27.2. The van der Waals surface area contributed by atoms with Gasteiger partial charge in [-0.3, -0.25) is 9.59 Å². The van der Waals surface area contributed by atoms with Gasteiger partial charge in [0.2, 0.25) is 0 Å². The fraction of sp³-hybridized carbons (Fsp3) is 0.269. The molecular formula is C26H21F4N3O3S2. The summed E-state index contributed by atoms with van der Waals surface area (Å²) in [4.78, 5) is 33.2. The third-order valence-electron chi connectivity index (χ3n) is 6.14. The van der Waals surface area contributed by atoms with E-state index in [1.54, 1.807) is 24.0 Å². The van der Waals surface area contributed by atoms with Crippen molar-refractivity contribution in [2.45, 2.75) is 26.1 Å². The van der Waals surface area contributed by atoms with Gasteiger partial charge in [0, 0.05) is 17.7 Å². The zero-order valence-electron chi connectivity index (χ0n) is 20.2. The summed E-state index contributed by atoms with van der Waals surface area (Å²) in [6.45, 7) is 3.40. The molecular weight excluding hydrogens is 542 g/mol. The summed E-state index contributed by atoms with van der Waals surface area (Å²) >= 11 is 2.86. The fourth-order valence-corrected chi connectivity index (χ4v) is 6.47. The molecule has 2 amide bonds. The molecule has 1 atom stereocenters. The number of thiazole rings is 1. The number of nitrogens with zero attached hydrogens (tertiary/aromatic N) is 2. The second-order valence-corrected chi connectivity index (χ2v) is 11.0. The number of amides is 2. The smallest absolute Gasteiger partial charge is 0.420 e. The minimum absolute atomic E-state index is 0.0575. The van der Waals surface area contributed by atoms with Crippen LogP contribution in [0.25, 0.3) is 21.4 Å². The summed E-state index contributed by atoms with van der Waals surface area (Å²) in [6.07, 6.45) is -4.62. The molecule has 2 aromatic heterocycles. The molecule has 38 heavy (non-hydrogen) atoms. The van der Waals surface area contributed by atoms with Gasteiger partial charge in [-0.05, 0) is 49.7 Å². The van der Waals surface area contributed by atoms with E-state index in [1.807, 2.05) is 0 Å². The topological polar surface area (TPSA) is 75.4 Å². The molecule has 0 aliphatic carbocycles. The maximum Gasteiger partial charge on any atom is 0.420 e. The van der Waals surface area contributed by atoms with Gasteiger partial charge >= 0.3 is 6.18 Å². The van der Waals surface area contributed by atoms with E-state index in [2.05, 4.69) is 10.3 Å². The lowest BCUT2D eigenvalue weighted by atomic mass is 10.0. The Morgan fingerprint density at radius 1 is 1.16 bits per heavy atom. The van der Waals surface area contributed by atoms with Gasteiger partial charge in [-0.25, -0.2) is 9.37 Å². The van der Waals surface area contributed by atoms with E-state index in [0.717, 1.165) is 12.1 Å². The molecule has 198 valence electrons. The Morgan fingerprint density at radius 2 is 1.89 bits per heavy atom. The van der Waals surface area contributed by atoms with Gasteiger partial charge < -0.3 is 14.6 Å². The number of carbonyl (C=O) groups is 2. The Balaban J connectivity index is 1.35. The predicted octanol–water partition coefficient (Wildman–Crippen LogP) is 6.28. The number of hydrogen-bond donors (Lipinski definition) is 1. The SMILES string of the molecule is Cc1cc2c(C(=O)NC[C@@H]3CSCN3C(=O)c3nc(C)sc3-c3ccc(F)cc3)ccc(C(F)(F)F)c2o1. The van der Waals surface area contributed by atoms with E-state index in [1.165, 1.54) is 48.2 Å². The molecule has 1 aliphatic rings. The molecule has 5 rings (SSSR count). The number of aromatic nitrogens is 1. The predicted molar refractivity (Wildman–Crippen MR) is 138 cm³/mol. The highest BCUT2D eigenvalue weighted by molar-refractivity contribution is 7.99. The van der Waals surface area contributed by atoms with Crippen molar-refractivity contribution in [1.82, 2.24) is 15.2 Å². The number of halogens is 4. The highest BCUT2D eigenvalue weighted by atomic mass is 32.2. The summed E-state index contributed by atoms with van der Waals surface area (Å²) in [5.41, 5.74) is -0.336. The lowest BCUT2D eigenvalue weighted by molar-refractivity contribution is -0.136. The van der Waals surface area contributed by atoms with Gasteiger partial charge in [0.15, 0.2) is 0 Å². The van der Waals surface area contributed by atoms with Crippen molar-refractivity contribution in [3.63, 3.8) is 0 Å². The van der Waals surface area contributed by atoms with Crippen LogP contribution in [0.15, 0.2) is 46.9 Å². The number of rotatable bonds is 5. The monoisotopic (exact) mass is 563 g/mol. The second-order valence-electron chi connectivity index (χ2n) is 8.81. The number of aryl methyl sites for hydroxylation is 2. The Bertz CT molecular complexity index is 1530. The van der Waals surface area contributed by atoms with E-state index < -0.39 is 17.6 Å². The van der Waals surface area contributed by atoms with Crippen molar-refractivity contribution in [3.8, 4) is 10.4 Å². The standard InChI is InChI=1S/C26H21F4N3O3S2/c1-13-9-19-18(7-8-20(22(19)36-13)26(28,29)30)24(34)31-10-17-11-37-12-33(17)25(35)21-23(38-14(2)32-21)15-3-5-16(27)6-4-15/h3-9,17H,10-12H2,1-2H3,(H,31,34)/t17-/m1/s1. The lowest BCUT2D eigenvalue weighted by Gasteiger charge is -2.24. The van der Waals surface area contributed by atoms with Gasteiger partial charge in [-0.2, -0.15) is 13.2 Å². The summed E-state index contributed by atoms with van der Waals surface area (Å²) < 4.78 is 58.9. The van der Waals surface area contributed by atoms with Crippen LogP contribution >= 0.6 is 23.1 Å². The first-order valence-electron chi connectivity index (χ1n) is 11.5. The van der Waals surface area contributed by atoms with Crippen LogP contribution in [0.3, 0.4) is 0 Å². The first-order chi connectivity index (χ1) is 18.0. The van der Waals surface area contributed by atoms with Gasteiger partial charge in [-0.15, -0.1) is 23.1 Å². The highest BCUT2D eigenvalue weighted by Crippen LogP contribution is 2.38. The minimum atomic E-state index is -4.62. The van der Waals surface area contributed by atoms with Gasteiger partial charge in [-0.1, -0.05) is 12.1 Å². The molecule has 1 aliphatic heterocycles. The summed E-state index contributed by atoms with van der Waals surface area (Å²) in [5, 5.41) is 3.53. The van der Waals surface area contributed by atoms with Crippen molar-refractivity contribution < 1.29 is 31.6 Å². The van der Waals surface area contributed by atoms with Crippen LogP contribution in [0, 0.1) is 19.7 Å². The second kappa shape index (κ2) is 10.1. The van der Waals surface area contributed by atoms with E-state index in [-0.39, 0.29) is 52.3 Å². The Hall–Kier alpha value is -3.38. The summed E-state index contributed by atoms with van der Waals surface area (Å²) in [5.74, 6) is -0.0419. The quantitative estimate of drug-likeness (QED) is 0.290. The average Bonchev–Trinajstić information content (AvgIpc) is 3.58. The minimum Gasteiger partial charge on any atom is -0.461 e. The largest absolute Gasteiger partial charge is 0.461 e. The van der Waals surface area contributed by atoms with Crippen LogP contribution in [0.1, 0.15) is 37.2 Å². The molecule has 0 bridgehead atoms. The number of carbonyl (C=O) groups excluding carboxylic acids is 2. The van der Waals surface area contributed by atoms with Crippen LogP contribution < -0.4 is 5.32 Å². The molecule has 0 unspecified atom stereocenters. The maximum absolute atomic E-state index is 13.5. The third kappa shape index (κ3) is 5.02. The molecule has 0 radical (unpaired) electrons. The maximum atomic E-state index is 13.5. The van der Waals surface area contributed by atoms with Crippen LogP contribution in [-0.2, 0) is 6.18 Å². The van der Waals surface area contributed by atoms with E-state index in [0.29, 0.717) is 27.1 Å². The number of nitrogens with one attached hydrogen (secondary N) is 1. The molecule has 12 heteroatoms. The molecule has 1 N–H and O–H groups in total. The summed E-state index contributed by atoms with van der Waals surface area (Å²) in [7, 11) is 0. The van der Waals surface area contributed by atoms with E-state index in [4.69, 9.17) is 4.42 Å². The fourth-order valence-electron chi connectivity index (χ4n) is 4.35. The molecule has 3 heterocycles. The Labute approximate surface area is 223 Å². The number of hydrogen-bond acceptors (Lipinski definition) is 6. The first-order valence-corrected chi connectivity index (χ1v) is 13.5.